The monoisotopic (exact) mass is 800 g/mol. The van der Waals surface area contributed by atoms with Crippen molar-refractivity contribution in [3.05, 3.63) is 76.0 Å². The number of nitrogens with one attached hydrogen (secondary N) is 4. The number of rotatable bonds is 14. The summed E-state index contributed by atoms with van der Waals surface area (Å²) in [5, 5.41) is 13.0. The molecule has 3 aliphatic heterocycles. The van der Waals surface area contributed by atoms with Crippen LogP contribution in [0, 0.1) is 11.7 Å². The number of likely N-dealkylation sites (N-methyl/N-ethyl adjacent to an activating group) is 1. The predicted molar refractivity (Wildman–Crippen MR) is 223 cm³/mol. The zero-order valence-electron chi connectivity index (χ0n) is 33.5. The molecule has 5 atom stereocenters. The van der Waals surface area contributed by atoms with Crippen molar-refractivity contribution >= 4 is 51.7 Å². The minimum absolute atomic E-state index is 0.0944. The number of carbonyl (C=O) groups is 2. The molecule has 14 nitrogen and oxygen atoms in total. The Morgan fingerprint density at radius 1 is 1.04 bits per heavy atom. The highest BCUT2D eigenvalue weighted by molar-refractivity contribution is 7.99. The Bertz CT molecular complexity index is 2170. The van der Waals surface area contributed by atoms with Crippen molar-refractivity contribution < 1.29 is 18.7 Å². The molecule has 5 unspecified atom stereocenters. The number of amides is 2. The molecule has 0 radical (unpaired) electrons. The number of thioether (sulfide) groups is 1. The zero-order chi connectivity index (χ0) is 40.4. The standard InChI is InChI=1S/C41H53FN10O4S/c1-24-18-51(22-33(24)47-26(3)40(55)48-39(54)25(2)43-4)35-16-34-30(15-32(35)42)38(53)31(41-52(34)23-57-41)21-50(19-27-11-12-45-37(14-27)56-6)29-8-7-13-49(20-29)28-9-10-36(44-5)46-17-28/h9-12,14-17,24-26,29,33,43,47H,7-8,13,18-23H2,1-6H3,(H,44,46)(H,48,54,55). The second-order valence-electron chi connectivity index (χ2n) is 15.4. The van der Waals surface area contributed by atoms with Crippen LogP contribution in [-0.4, -0.2) is 103 Å². The quantitative estimate of drug-likeness (QED) is 0.147. The topological polar surface area (TPSA) is 149 Å². The molecule has 16 heteroatoms. The van der Waals surface area contributed by atoms with Crippen LogP contribution in [0.25, 0.3) is 10.9 Å². The molecule has 3 aliphatic rings. The van der Waals surface area contributed by atoms with Crippen LogP contribution in [0.2, 0.25) is 0 Å². The number of hydrogen-bond donors (Lipinski definition) is 4. The largest absolute Gasteiger partial charge is 0.481 e. The Labute approximate surface area is 336 Å². The summed E-state index contributed by atoms with van der Waals surface area (Å²) in [6.45, 7) is 9.17. The van der Waals surface area contributed by atoms with Crippen molar-refractivity contribution in [1.82, 2.24) is 35.4 Å². The summed E-state index contributed by atoms with van der Waals surface area (Å²) in [5.41, 5.74) is 3.76. The van der Waals surface area contributed by atoms with Crippen LogP contribution < -0.4 is 41.2 Å². The molecule has 6 heterocycles. The Hall–Kier alpha value is -4.77. The third kappa shape index (κ3) is 8.59. The molecule has 0 spiro atoms. The van der Waals surface area contributed by atoms with Crippen molar-refractivity contribution in [2.45, 2.75) is 81.8 Å². The van der Waals surface area contributed by atoms with Crippen molar-refractivity contribution in [2.75, 3.05) is 62.5 Å². The maximum atomic E-state index is 16.2. The highest BCUT2D eigenvalue weighted by Gasteiger charge is 2.35. The lowest BCUT2D eigenvalue weighted by Gasteiger charge is -2.41. The lowest BCUT2D eigenvalue weighted by atomic mass is 10.0. The first-order valence-electron chi connectivity index (χ1n) is 19.6. The summed E-state index contributed by atoms with van der Waals surface area (Å²) in [7, 11) is 5.12. The number of halogens is 1. The van der Waals surface area contributed by atoms with E-state index in [0.717, 1.165) is 53.5 Å². The number of pyridine rings is 3. The van der Waals surface area contributed by atoms with E-state index in [4.69, 9.17) is 4.74 Å². The van der Waals surface area contributed by atoms with E-state index in [9.17, 15) is 14.4 Å². The summed E-state index contributed by atoms with van der Waals surface area (Å²) in [5.74, 6) is 0.849. The second-order valence-corrected chi connectivity index (χ2v) is 16.3. The zero-order valence-corrected chi connectivity index (χ0v) is 34.3. The summed E-state index contributed by atoms with van der Waals surface area (Å²) < 4.78 is 23.8. The van der Waals surface area contributed by atoms with Gasteiger partial charge >= 0.3 is 0 Å². The number of fused-ring (bicyclic) bond motifs is 3. The number of methoxy groups -OCH3 is 1. The summed E-state index contributed by atoms with van der Waals surface area (Å²) >= 11 is 1.65. The van der Waals surface area contributed by atoms with Crippen LogP contribution >= 0.6 is 11.8 Å². The first-order valence-corrected chi connectivity index (χ1v) is 20.6. The molecular weight excluding hydrogens is 748 g/mol. The predicted octanol–water partition coefficient (Wildman–Crippen LogP) is 3.77. The Morgan fingerprint density at radius 3 is 2.54 bits per heavy atom. The molecule has 0 bridgehead atoms. The normalized spacial score (nSPS) is 20.2. The Balaban J connectivity index is 1.14. The van der Waals surface area contributed by atoms with Crippen LogP contribution in [-0.2, 0) is 28.6 Å². The fraction of sp³-hybridized carbons (Fsp3) is 0.488. The Kier molecular flexibility index (Phi) is 12.3. The number of aromatic nitrogens is 3. The van der Waals surface area contributed by atoms with Crippen LogP contribution in [0.15, 0.2) is 58.6 Å². The highest BCUT2D eigenvalue weighted by atomic mass is 32.2. The number of benzene rings is 1. The number of piperidine rings is 1. The molecule has 57 heavy (non-hydrogen) atoms. The lowest BCUT2D eigenvalue weighted by Crippen LogP contribution is -2.52. The van der Waals surface area contributed by atoms with Crippen LogP contribution in [0.1, 0.15) is 44.7 Å². The molecular formula is C41H53FN10O4S. The van der Waals surface area contributed by atoms with E-state index in [1.807, 2.05) is 42.4 Å². The molecule has 4 N–H and O–H groups in total. The summed E-state index contributed by atoms with van der Waals surface area (Å²) in [6, 6.07) is 10.1. The fourth-order valence-electron chi connectivity index (χ4n) is 8.09. The maximum Gasteiger partial charge on any atom is 0.243 e. The van der Waals surface area contributed by atoms with Crippen molar-refractivity contribution in [3.63, 3.8) is 0 Å². The number of imide groups is 1. The molecule has 0 saturated carbocycles. The minimum atomic E-state index is -0.626. The van der Waals surface area contributed by atoms with Gasteiger partial charge in [-0.1, -0.05) is 18.7 Å². The van der Waals surface area contributed by atoms with Crippen LogP contribution in [0.3, 0.4) is 0 Å². The van der Waals surface area contributed by atoms with Crippen molar-refractivity contribution in [2.24, 2.45) is 5.92 Å². The SMILES string of the molecule is CNc1ccc(N2CCCC(N(Cc3ccnc(OC)c3)Cc3c4n(c5cc(N6CC(C)C(NC(C)C(=O)NC(=O)C(C)NC)C6)c(F)cc5c3=O)CS4)C2)cn1. The van der Waals surface area contributed by atoms with Gasteiger partial charge in [-0.3, -0.25) is 24.6 Å². The molecule has 0 aliphatic carbocycles. The van der Waals surface area contributed by atoms with Gasteiger partial charge in [0.25, 0.3) is 0 Å². The molecule has 1 aromatic carbocycles. The minimum Gasteiger partial charge on any atom is -0.481 e. The first-order chi connectivity index (χ1) is 27.5. The van der Waals surface area contributed by atoms with Crippen molar-refractivity contribution in [1.29, 1.82) is 0 Å². The van der Waals surface area contributed by atoms with E-state index in [-0.39, 0.29) is 23.4 Å². The van der Waals surface area contributed by atoms with Gasteiger partial charge in [0.15, 0.2) is 5.43 Å². The van der Waals surface area contributed by atoms with E-state index in [1.54, 1.807) is 46.0 Å². The fourth-order valence-corrected chi connectivity index (χ4v) is 9.04. The van der Waals surface area contributed by atoms with E-state index >= 15 is 4.39 Å². The van der Waals surface area contributed by atoms with Gasteiger partial charge < -0.3 is 35.1 Å². The molecule has 2 amide bonds. The number of hydrogen-bond acceptors (Lipinski definition) is 13. The van der Waals surface area contributed by atoms with Gasteiger partial charge in [0.2, 0.25) is 17.7 Å². The number of anilines is 3. The smallest absolute Gasteiger partial charge is 0.243 e. The van der Waals surface area contributed by atoms with E-state index in [1.165, 1.54) is 6.07 Å². The first kappa shape index (κ1) is 40.4. The van der Waals surface area contributed by atoms with Crippen LogP contribution in [0.4, 0.5) is 21.6 Å². The number of ether oxygens (including phenoxy) is 1. The Morgan fingerprint density at radius 2 is 1.84 bits per heavy atom. The molecule has 2 fully saturated rings. The van der Waals surface area contributed by atoms with Crippen molar-refractivity contribution in [3.8, 4) is 5.88 Å². The third-order valence-electron chi connectivity index (χ3n) is 11.6. The number of carbonyl (C=O) groups excluding carboxylic acids is 2. The molecule has 7 rings (SSSR count). The van der Waals surface area contributed by atoms with Gasteiger partial charge in [0.1, 0.15) is 11.6 Å². The third-order valence-corrected chi connectivity index (χ3v) is 12.8. The average Bonchev–Trinajstić information content (AvgIpc) is 3.57. The van der Waals surface area contributed by atoms with E-state index in [2.05, 4.69) is 58.6 Å². The van der Waals surface area contributed by atoms with Gasteiger partial charge in [-0.25, -0.2) is 14.4 Å². The molecule has 4 aromatic rings. The highest BCUT2D eigenvalue weighted by Crippen LogP contribution is 2.40. The van der Waals surface area contributed by atoms with Gasteiger partial charge in [-0.05, 0) is 75.5 Å². The van der Waals surface area contributed by atoms with E-state index in [0.29, 0.717) is 54.6 Å². The van der Waals surface area contributed by atoms with Gasteiger partial charge in [0.05, 0.1) is 53.2 Å². The maximum absolute atomic E-state index is 16.2. The average molecular weight is 801 g/mol. The molecule has 304 valence electrons. The van der Waals surface area contributed by atoms with E-state index < -0.39 is 29.7 Å². The summed E-state index contributed by atoms with van der Waals surface area (Å²) in [4.78, 5) is 55.1. The number of nitrogens with zero attached hydrogens (tertiary/aromatic N) is 6. The van der Waals surface area contributed by atoms with Crippen LogP contribution in [0.5, 0.6) is 5.88 Å². The van der Waals surface area contributed by atoms with Gasteiger partial charge in [-0.2, -0.15) is 0 Å². The molecule has 2 saturated heterocycles. The van der Waals surface area contributed by atoms with Gasteiger partial charge in [0, 0.05) is 81.6 Å². The molecule has 3 aromatic heterocycles. The second kappa shape index (κ2) is 17.4. The van der Waals surface area contributed by atoms with Gasteiger partial charge in [-0.15, -0.1) is 0 Å². The summed E-state index contributed by atoms with van der Waals surface area (Å²) in [6.07, 6.45) is 5.59. The lowest BCUT2D eigenvalue weighted by molar-refractivity contribution is -0.132.